The van der Waals surface area contributed by atoms with Crippen molar-refractivity contribution in [1.29, 1.82) is 0 Å². The second-order valence-corrected chi connectivity index (χ2v) is 3.32. The van der Waals surface area contributed by atoms with Crippen molar-refractivity contribution in [3.8, 4) is 0 Å². The van der Waals surface area contributed by atoms with Crippen molar-refractivity contribution in [2.75, 3.05) is 5.32 Å². The molecular formula is C12H9ClN. The zero-order valence-corrected chi connectivity index (χ0v) is 8.25. The summed E-state index contributed by atoms with van der Waals surface area (Å²) in [5.41, 5.74) is 2.02. The van der Waals surface area contributed by atoms with Crippen LogP contribution < -0.4 is 5.32 Å². The minimum Gasteiger partial charge on any atom is -0.355 e. The normalized spacial score (nSPS) is 9.79. The molecule has 0 aromatic heterocycles. The molecule has 2 aromatic carbocycles. The van der Waals surface area contributed by atoms with Crippen molar-refractivity contribution in [2.45, 2.75) is 0 Å². The number of benzene rings is 2. The first-order valence-electron chi connectivity index (χ1n) is 4.34. The molecule has 2 heteroatoms. The van der Waals surface area contributed by atoms with E-state index in [0.29, 0.717) is 5.02 Å². The summed E-state index contributed by atoms with van der Waals surface area (Å²) >= 11 is 5.82. The highest BCUT2D eigenvalue weighted by atomic mass is 35.5. The number of hydrogen-bond acceptors (Lipinski definition) is 1. The van der Waals surface area contributed by atoms with Crippen LogP contribution >= 0.6 is 11.6 Å². The van der Waals surface area contributed by atoms with Gasteiger partial charge in [0.15, 0.2) is 0 Å². The maximum absolute atomic E-state index is 5.82. The van der Waals surface area contributed by atoms with Crippen molar-refractivity contribution >= 4 is 23.0 Å². The zero-order chi connectivity index (χ0) is 9.80. The molecule has 0 atom stereocenters. The molecule has 0 aliphatic rings. The molecule has 0 saturated carbocycles. The number of hydrogen-bond donors (Lipinski definition) is 1. The number of anilines is 2. The van der Waals surface area contributed by atoms with Crippen LogP contribution in [0.2, 0.25) is 5.02 Å². The molecule has 2 aromatic rings. The smallest absolute Gasteiger partial charge is 0.0505 e. The Morgan fingerprint density at radius 1 is 1.00 bits per heavy atom. The van der Waals surface area contributed by atoms with Gasteiger partial charge >= 0.3 is 0 Å². The summed E-state index contributed by atoms with van der Waals surface area (Å²) in [5.74, 6) is 0. The van der Waals surface area contributed by atoms with Gasteiger partial charge in [0.25, 0.3) is 0 Å². The predicted molar refractivity (Wildman–Crippen MR) is 60.0 cm³/mol. The van der Waals surface area contributed by atoms with Crippen LogP contribution in [0.15, 0.2) is 48.5 Å². The average Bonchev–Trinajstić information content (AvgIpc) is 2.19. The maximum Gasteiger partial charge on any atom is 0.0505 e. The Morgan fingerprint density at radius 2 is 1.79 bits per heavy atom. The summed E-state index contributed by atoms with van der Waals surface area (Å²) in [6.07, 6.45) is 0. The molecule has 2 rings (SSSR count). The highest BCUT2D eigenvalue weighted by Crippen LogP contribution is 2.18. The van der Waals surface area contributed by atoms with E-state index in [1.165, 1.54) is 0 Å². The van der Waals surface area contributed by atoms with E-state index >= 15 is 0 Å². The molecule has 0 amide bonds. The van der Waals surface area contributed by atoms with Crippen LogP contribution in [-0.2, 0) is 0 Å². The molecule has 0 fully saturated rings. The van der Waals surface area contributed by atoms with Gasteiger partial charge in [-0.25, -0.2) is 0 Å². The van der Waals surface area contributed by atoms with Crippen LogP contribution in [0.1, 0.15) is 0 Å². The molecule has 0 bridgehead atoms. The summed E-state index contributed by atoms with van der Waals surface area (Å²) in [6, 6.07) is 18.4. The zero-order valence-electron chi connectivity index (χ0n) is 7.50. The van der Waals surface area contributed by atoms with Gasteiger partial charge < -0.3 is 5.32 Å². The minimum absolute atomic E-state index is 0.617. The van der Waals surface area contributed by atoms with Crippen molar-refractivity contribution in [1.82, 2.24) is 0 Å². The molecule has 69 valence electrons. The lowest BCUT2D eigenvalue weighted by Crippen LogP contribution is -1.88. The predicted octanol–water partition coefficient (Wildman–Crippen LogP) is 3.88. The number of rotatable bonds is 2. The van der Waals surface area contributed by atoms with Gasteiger partial charge in [-0.3, -0.25) is 0 Å². The second kappa shape index (κ2) is 4.16. The standard InChI is InChI=1S/C12H9ClN/c13-10-5-4-8-12(9-10)14-11-6-2-1-3-7-11/h1-4,6-9,14H. The minimum atomic E-state index is 0.617. The Bertz CT molecular complexity index is 412. The number of halogens is 1. The van der Waals surface area contributed by atoms with E-state index in [1.807, 2.05) is 42.5 Å². The third-order valence-electron chi connectivity index (χ3n) is 1.83. The molecule has 0 aliphatic carbocycles. The van der Waals surface area contributed by atoms with Crippen LogP contribution in [0.4, 0.5) is 11.4 Å². The Kier molecular flexibility index (Phi) is 2.70. The van der Waals surface area contributed by atoms with Crippen molar-refractivity contribution in [2.24, 2.45) is 0 Å². The van der Waals surface area contributed by atoms with E-state index in [-0.39, 0.29) is 0 Å². The van der Waals surface area contributed by atoms with Gasteiger partial charge in [-0.1, -0.05) is 35.9 Å². The lowest BCUT2D eigenvalue weighted by Gasteiger charge is -2.05. The molecule has 0 aliphatic heterocycles. The Morgan fingerprint density at radius 3 is 2.50 bits per heavy atom. The van der Waals surface area contributed by atoms with Gasteiger partial charge in [0.1, 0.15) is 0 Å². The van der Waals surface area contributed by atoms with Gasteiger partial charge in [-0.05, 0) is 24.3 Å². The van der Waals surface area contributed by atoms with Crippen LogP contribution in [0.3, 0.4) is 0 Å². The van der Waals surface area contributed by atoms with Gasteiger partial charge in [0.2, 0.25) is 0 Å². The molecule has 0 spiro atoms. The van der Waals surface area contributed by atoms with E-state index < -0.39 is 0 Å². The third-order valence-corrected chi connectivity index (χ3v) is 2.05. The highest BCUT2D eigenvalue weighted by Gasteiger charge is 1.93. The van der Waals surface area contributed by atoms with E-state index in [9.17, 15) is 0 Å². The SMILES string of the molecule is Clc1[c]ccc(Nc2ccccc2)c1. The highest BCUT2D eigenvalue weighted by molar-refractivity contribution is 6.30. The largest absolute Gasteiger partial charge is 0.355 e. The molecule has 1 radical (unpaired) electrons. The topological polar surface area (TPSA) is 12.0 Å². The monoisotopic (exact) mass is 202 g/mol. The molecule has 0 heterocycles. The van der Waals surface area contributed by atoms with E-state index in [0.717, 1.165) is 11.4 Å². The van der Waals surface area contributed by atoms with Crippen LogP contribution in [0.25, 0.3) is 0 Å². The summed E-state index contributed by atoms with van der Waals surface area (Å²) in [5, 5.41) is 3.86. The lowest BCUT2D eigenvalue weighted by atomic mass is 10.3. The third kappa shape index (κ3) is 2.27. The Labute approximate surface area is 88.3 Å². The summed E-state index contributed by atoms with van der Waals surface area (Å²) < 4.78 is 0. The Balaban J connectivity index is 2.19. The van der Waals surface area contributed by atoms with Gasteiger partial charge in [-0.2, -0.15) is 0 Å². The quantitative estimate of drug-likeness (QED) is 0.779. The average molecular weight is 203 g/mol. The first kappa shape index (κ1) is 9.10. The van der Waals surface area contributed by atoms with Crippen LogP contribution in [0.5, 0.6) is 0 Å². The van der Waals surface area contributed by atoms with Crippen LogP contribution in [0, 0.1) is 6.07 Å². The van der Waals surface area contributed by atoms with Gasteiger partial charge in [-0.15, -0.1) is 0 Å². The molecule has 14 heavy (non-hydrogen) atoms. The summed E-state index contributed by atoms with van der Waals surface area (Å²) in [7, 11) is 0. The first-order valence-corrected chi connectivity index (χ1v) is 4.72. The van der Waals surface area contributed by atoms with Crippen LogP contribution in [-0.4, -0.2) is 0 Å². The molecular weight excluding hydrogens is 194 g/mol. The van der Waals surface area contributed by atoms with Gasteiger partial charge in [0, 0.05) is 17.4 Å². The fourth-order valence-corrected chi connectivity index (χ4v) is 1.38. The molecule has 0 saturated heterocycles. The second-order valence-electron chi connectivity index (χ2n) is 2.92. The van der Waals surface area contributed by atoms with Crippen molar-refractivity contribution < 1.29 is 0 Å². The fourth-order valence-electron chi connectivity index (χ4n) is 1.20. The maximum atomic E-state index is 5.82. The van der Waals surface area contributed by atoms with Crippen molar-refractivity contribution in [3.63, 3.8) is 0 Å². The fraction of sp³-hybridized carbons (Fsp3) is 0. The number of nitrogens with one attached hydrogen (secondary N) is 1. The summed E-state index contributed by atoms with van der Waals surface area (Å²) in [4.78, 5) is 0. The molecule has 1 nitrogen and oxygen atoms in total. The molecule has 0 unspecified atom stereocenters. The number of para-hydroxylation sites is 1. The summed E-state index contributed by atoms with van der Waals surface area (Å²) in [6.45, 7) is 0. The first-order chi connectivity index (χ1) is 6.84. The van der Waals surface area contributed by atoms with E-state index in [1.54, 1.807) is 6.07 Å². The molecule has 1 N–H and O–H groups in total. The lowest BCUT2D eigenvalue weighted by molar-refractivity contribution is 1.55. The Hall–Kier alpha value is -1.47. The van der Waals surface area contributed by atoms with E-state index in [2.05, 4.69) is 11.4 Å². The van der Waals surface area contributed by atoms with E-state index in [4.69, 9.17) is 11.6 Å². The van der Waals surface area contributed by atoms with Gasteiger partial charge in [0.05, 0.1) is 5.02 Å². The van der Waals surface area contributed by atoms with Crippen molar-refractivity contribution in [3.05, 3.63) is 59.6 Å².